The van der Waals surface area contributed by atoms with Crippen LogP contribution >= 0.6 is 0 Å². The number of amides is 3. The highest BCUT2D eigenvalue weighted by molar-refractivity contribution is 5.97. The number of guanidine groups is 1. The number of aliphatic imine (C=N–C) groups is 1. The number of carbonyl (C=O) groups is 4. The van der Waals surface area contributed by atoms with Crippen LogP contribution in [0.4, 0.5) is 5.69 Å². The number of carboxylic acid groups (broad SMARTS) is 1. The zero-order chi connectivity index (χ0) is 22.9. The quantitative estimate of drug-likeness (QED) is 0.131. The van der Waals surface area contributed by atoms with E-state index < -0.39 is 23.8 Å². The van der Waals surface area contributed by atoms with Gasteiger partial charge < -0.3 is 38.3 Å². The maximum absolute atomic E-state index is 12.5. The lowest BCUT2D eigenvalue weighted by molar-refractivity contribution is -0.134. The Morgan fingerprint density at radius 2 is 1.70 bits per heavy atom. The molecular formula is C18H29N7O5. The molecule has 0 aliphatic carbocycles. The Balaban J connectivity index is 0.00000192. The molecule has 0 heterocycles. The number of nitrogens with two attached hydrogens (primary N) is 3. The number of aliphatic carboxylic acids is 1. The summed E-state index contributed by atoms with van der Waals surface area (Å²) in [6, 6.07) is 8.06. The van der Waals surface area contributed by atoms with E-state index in [0.29, 0.717) is 25.1 Å². The van der Waals surface area contributed by atoms with Crippen LogP contribution in [0.25, 0.3) is 0 Å². The lowest BCUT2D eigenvalue weighted by Crippen LogP contribution is -2.48. The molecule has 12 nitrogen and oxygen atoms in total. The van der Waals surface area contributed by atoms with Crippen LogP contribution < -0.4 is 33.2 Å². The van der Waals surface area contributed by atoms with Crippen LogP contribution in [-0.4, -0.2) is 60.4 Å². The molecule has 10 N–H and O–H groups in total. The second kappa shape index (κ2) is 15.3. The highest BCUT2D eigenvalue weighted by Gasteiger charge is 2.20. The predicted molar refractivity (Wildman–Crippen MR) is 112 cm³/mol. The molecular weight excluding hydrogens is 394 g/mol. The monoisotopic (exact) mass is 423 g/mol. The topological polar surface area (TPSA) is 215 Å². The zero-order valence-electron chi connectivity index (χ0n) is 16.8. The van der Waals surface area contributed by atoms with Gasteiger partial charge in [0.15, 0.2) is 5.96 Å². The number of carbonyl (C=O) groups excluding carboxylic acids is 3. The minimum atomic E-state index is -0.833. The predicted octanol–water partition coefficient (Wildman–Crippen LogP) is -1.67. The summed E-state index contributed by atoms with van der Waals surface area (Å²) in [6.45, 7) is 0.931. The van der Waals surface area contributed by atoms with Crippen LogP contribution in [0.2, 0.25) is 0 Å². The van der Waals surface area contributed by atoms with E-state index in [1.165, 1.54) is 0 Å². The van der Waals surface area contributed by atoms with Crippen molar-refractivity contribution < 1.29 is 24.3 Å². The van der Waals surface area contributed by atoms with Gasteiger partial charge in [0, 0.05) is 19.2 Å². The largest absolute Gasteiger partial charge is 0.481 e. The minimum absolute atomic E-state index is 0.0381. The molecule has 12 heteroatoms. The van der Waals surface area contributed by atoms with Crippen LogP contribution in [0.5, 0.6) is 0 Å². The normalized spacial score (nSPS) is 10.5. The Morgan fingerprint density at radius 1 is 1.10 bits per heavy atom. The van der Waals surface area contributed by atoms with Crippen molar-refractivity contribution in [2.45, 2.75) is 25.8 Å². The summed E-state index contributed by atoms with van der Waals surface area (Å²) in [7, 11) is 0. The molecule has 0 fully saturated rings. The van der Waals surface area contributed by atoms with Crippen molar-refractivity contribution >= 4 is 35.3 Å². The smallest absolute Gasteiger partial charge is 0.300 e. The Hall–Kier alpha value is -3.67. The standard InChI is InChI=1S/C16H25N7O3.C2H4O2/c17-9-13(24)21-10-14(25)23-12(7-4-8-20-16(18)19)15(26)22-11-5-2-1-3-6-11;1-2(3)4/h1-3,5-6,12H,4,7-10,17H2,(H,21,24)(H,22,26)(H,23,25)(H4,18,19,20);1H3,(H,3,4)/t12-;/m0./s1. The van der Waals surface area contributed by atoms with Crippen molar-refractivity contribution in [3.63, 3.8) is 0 Å². The van der Waals surface area contributed by atoms with Crippen molar-refractivity contribution in [1.82, 2.24) is 10.6 Å². The van der Waals surface area contributed by atoms with Crippen LogP contribution in [0, 0.1) is 0 Å². The molecule has 0 radical (unpaired) electrons. The van der Waals surface area contributed by atoms with E-state index in [1.807, 2.05) is 6.07 Å². The van der Waals surface area contributed by atoms with Gasteiger partial charge in [0.25, 0.3) is 5.97 Å². The fourth-order valence-corrected chi connectivity index (χ4v) is 2.02. The lowest BCUT2D eigenvalue weighted by atomic mass is 10.1. The van der Waals surface area contributed by atoms with Gasteiger partial charge >= 0.3 is 0 Å². The molecule has 3 amide bonds. The van der Waals surface area contributed by atoms with E-state index in [-0.39, 0.29) is 25.0 Å². The number of rotatable bonds is 10. The van der Waals surface area contributed by atoms with Gasteiger partial charge in [-0.25, -0.2) is 0 Å². The van der Waals surface area contributed by atoms with E-state index >= 15 is 0 Å². The average molecular weight is 423 g/mol. The fourth-order valence-electron chi connectivity index (χ4n) is 2.02. The molecule has 0 saturated carbocycles. The van der Waals surface area contributed by atoms with Crippen molar-refractivity contribution in [3.8, 4) is 0 Å². The average Bonchev–Trinajstić information content (AvgIpc) is 2.68. The molecule has 1 rings (SSSR count). The van der Waals surface area contributed by atoms with Gasteiger partial charge in [-0.1, -0.05) is 18.2 Å². The minimum Gasteiger partial charge on any atom is -0.481 e. The molecule has 0 unspecified atom stereocenters. The first-order chi connectivity index (χ1) is 14.1. The molecule has 166 valence electrons. The molecule has 0 aromatic heterocycles. The van der Waals surface area contributed by atoms with E-state index in [2.05, 4.69) is 20.9 Å². The highest BCUT2D eigenvalue weighted by Crippen LogP contribution is 2.07. The number of hydrogen-bond acceptors (Lipinski definition) is 6. The Morgan fingerprint density at radius 3 is 2.23 bits per heavy atom. The van der Waals surface area contributed by atoms with Gasteiger partial charge in [0.1, 0.15) is 6.04 Å². The Bertz CT molecular complexity index is 717. The van der Waals surface area contributed by atoms with Gasteiger partial charge in [0.2, 0.25) is 17.7 Å². The zero-order valence-corrected chi connectivity index (χ0v) is 16.8. The van der Waals surface area contributed by atoms with Crippen molar-refractivity contribution in [2.75, 3.05) is 25.0 Å². The van der Waals surface area contributed by atoms with E-state index in [0.717, 1.165) is 6.92 Å². The molecule has 1 atom stereocenters. The van der Waals surface area contributed by atoms with Gasteiger partial charge in [0.05, 0.1) is 13.1 Å². The SMILES string of the molecule is CC(=O)O.NCC(=O)NCC(=O)N[C@@H](CCCN=C(N)N)C(=O)Nc1ccccc1. The maximum atomic E-state index is 12.5. The lowest BCUT2D eigenvalue weighted by Gasteiger charge is -2.18. The van der Waals surface area contributed by atoms with Crippen LogP contribution in [0.15, 0.2) is 35.3 Å². The second-order valence-electron chi connectivity index (χ2n) is 5.92. The van der Waals surface area contributed by atoms with E-state index in [4.69, 9.17) is 27.1 Å². The molecule has 1 aromatic rings. The summed E-state index contributed by atoms with van der Waals surface area (Å²) in [4.78, 5) is 48.4. The number of carboxylic acids is 1. The number of hydrogen-bond donors (Lipinski definition) is 7. The van der Waals surface area contributed by atoms with Crippen molar-refractivity contribution in [2.24, 2.45) is 22.2 Å². The third-order valence-electron chi connectivity index (χ3n) is 3.27. The van der Waals surface area contributed by atoms with Crippen LogP contribution in [0.1, 0.15) is 19.8 Å². The molecule has 0 aliphatic rings. The molecule has 0 spiro atoms. The van der Waals surface area contributed by atoms with E-state index in [9.17, 15) is 14.4 Å². The molecule has 0 bridgehead atoms. The van der Waals surface area contributed by atoms with Gasteiger partial charge in [-0.15, -0.1) is 0 Å². The van der Waals surface area contributed by atoms with Crippen LogP contribution in [-0.2, 0) is 19.2 Å². The van der Waals surface area contributed by atoms with E-state index in [1.54, 1.807) is 24.3 Å². The fraction of sp³-hybridized carbons (Fsp3) is 0.389. The first kappa shape index (κ1) is 26.3. The first-order valence-electron chi connectivity index (χ1n) is 9.02. The molecule has 0 saturated heterocycles. The number of para-hydroxylation sites is 1. The summed E-state index contributed by atoms with van der Waals surface area (Å²) >= 11 is 0. The Kier molecular flexibility index (Phi) is 13.4. The van der Waals surface area contributed by atoms with Crippen molar-refractivity contribution in [3.05, 3.63) is 30.3 Å². The van der Waals surface area contributed by atoms with Gasteiger partial charge in [-0.05, 0) is 25.0 Å². The summed E-state index contributed by atoms with van der Waals surface area (Å²) in [5, 5.41) is 15.1. The van der Waals surface area contributed by atoms with Crippen LogP contribution in [0.3, 0.4) is 0 Å². The molecule has 30 heavy (non-hydrogen) atoms. The number of benzene rings is 1. The number of nitrogens with zero attached hydrogens (tertiary/aromatic N) is 1. The van der Waals surface area contributed by atoms with Gasteiger partial charge in [-0.2, -0.15) is 0 Å². The summed E-state index contributed by atoms with van der Waals surface area (Å²) < 4.78 is 0. The summed E-state index contributed by atoms with van der Waals surface area (Å²) in [6.07, 6.45) is 0.812. The molecule has 1 aromatic carbocycles. The number of anilines is 1. The van der Waals surface area contributed by atoms with Crippen molar-refractivity contribution in [1.29, 1.82) is 0 Å². The first-order valence-corrected chi connectivity index (χ1v) is 9.02. The summed E-state index contributed by atoms with van der Waals surface area (Å²) in [5.41, 5.74) is 16.3. The third kappa shape index (κ3) is 14.4. The second-order valence-corrected chi connectivity index (χ2v) is 5.92. The highest BCUT2D eigenvalue weighted by atomic mass is 16.4. The summed E-state index contributed by atoms with van der Waals surface area (Å²) in [5.74, 6) is -2.21. The maximum Gasteiger partial charge on any atom is 0.300 e. The molecule has 0 aliphatic heterocycles. The van der Waals surface area contributed by atoms with Gasteiger partial charge in [-0.3, -0.25) is 24.2 Å². The Labute approximate surface area is 174 Å². The third-order valence-corrected chi connectivity index (χ3v) is 3.27. The number of nitrogens with one attached hydrogen (secondary N) is 3.